The van der Waals surface area contributed by atoms with Crippen LogP contribution < -0.4 is 21.7 Å². The lowest BCUT2D eigenvalue weighted by Gasteiger charge is -2.12. The number of rotatable bonds is 8. The predicted molar refractivity (Wildman–Crippen MR) is 174 cm³/mol. The molecule has 0 saturated carbocycles. The Labute approximate surface area is 251 Å². The summed E-state index contributed by atoms with van der Waals surface area (Å²) in [6.45, 7) is 1.97. The molecule has 0 aromatic heterocycles. The fraction of sp³-hybridized carbons (Fsp3) is 0.0833. The molecule has 7 nitrogen and oxygen atoms in total. The number of nitrogen functional groups attached to an aromatic ring is 1. The Balaban J connectivity index is 0.000000215. The molecule has 0 aliphatic carbocycles. The normalized spacial score (nSPS) is 10.1. The van der Waals surface area contributed by atoms with Gasteiger partial charge < -0.3 is 21.7 Å². The molecule has 0 spiro atoms. The van der Waals surface area contributed by atoms with Gasteiger partial charge in [0, 0.05) is 5.56 Å². The Morgan fingerprint density at radius 2 is 0.930 bits per heavy atom. The highest BCUT2D eigenvalue weighted by molar-refractivity contribution is 6.07. The zero-order valence-electron chi connectivity index (χ0n) is 23.9. The number of anilines is 4. The van der Waals surface area contributed by atoms with Crippen LogP contribution in [0.15, 0.2) is 133 Å². The zero-order chi connectivity index (χ0) is 30.4. The molecule has 0 aliphatic heterocycles. The van der Waals surface area contributed by atoms with Crippen molar-refractivity contribution in [3.05, 3.63) is 156 Å². The summed E-state index contributed by atoms with van der Waals surface area (Å²) in [6.07, 6.45) is 0.635. The topological polar surface area (TPSA) is 113 Å². The fourth-order valence-corrected chi connectivity index (χ4v) is 4.16. The summed E-state index contributed by atoms with van der Waals surface area (Å²) in [5.74, 6) is -0.405. The first-order chi connectivity index (χ1) is 20.9. The number of amides is 3. The first kappa shape index (κ1) is 30.3. The van der Waals surface area contributed by atoms with E-state index in [4.69, 9.17) is 5.73 Å². The maximum atomic E-state index is 12.4. The van der Waals surface area contributed by atoms with Crippen LogP contribution in [0.4, 0.5) is 22.7 Å². The number of nitrogens with one attached hydrogen (secondary N) is 3. The Kier molecular flexibility index (Phi) is 10.8. The standard InChI is InChI=1S/C22H20N2O2.C14H14N2O/c1-16-11-13-18(14-12-16)22(26)24-20-10-6-5-9-19(20)23-21(25)15-17-7-3-2-4-8-17;15-12-8-4-5-9-13(12)16-14(17)10-11-6-2-1-3-7-11/h2-14H,15H2,1H3,(H,23,25)(H,24,26);1-9H,10,15H2,(H,16,17). The van der Waals surface area contributed by atoms with Crippen molar-refractivity contribution < 1.29 is 14.4 Å². The van der Waals surface area contributed by atoms with Crippen LogP contribution in [0, 0.1) is 6.92 Å². The second-order valence-corrected chi connectivity index (χ2v) is 9.87. The third-order valence-electron chi connectivity index (χ3n) is 6.41. The third-order valence-corrected chi connectivity index (χ3v) is 6.41. The number of carbonyl (C=O) groups excluding carboxylic acids is 3. The van der Waals surface area contributed by atoms with Crippen LogP contribution in [0.2, 0.25) is 0 Å². The average molecular weight is 571 g/mol. The Morgan fingerprint density at radius 3 is 1.44 bits per heavy atom. The fourth-order valence-electron chi connectivity index (χ4n) is 4.16. The first-order valence-electron chi connectivity index (χ1n) is 13.9. The SMILES string of the molecule is Cc1ccc(C(=O)Nc2ccccc2NC(=O)Cc2ccccc2)cc1.Nc1ccccc1NC(=O)Cc1ccccc1. The second kappa shape index (κ2) is 15.3. The molecule has 216 valence electrons. The molecule has 43 heavy (non-hydrogen) atoms. The molecule has 0 heterocycles. The molecule has 0 radical (unpaired) electrons. The van der Waals surface area contributed by atoms with Crippen LogP contribution in [0.3, 0.4) is 0 Å². The number of aryl methyl sites for hydroxylation is 1. The molecular formula is C36H34N4O3. The van der Waals surface area contributed by atoms with Gasteiger partial charge in [-0.1, -0.05) is 103 Å². The molecule has 5 N–H and O–H groups in total. The number of hydrogen-bond donors (Lipinski definition) is 4. The van der Waals surface area contributed by atoms with Gasteiger partial charge >= 0.3 is 0 Å². The van der Waals surface area contributed by atoms with Crippen LogP contribution >= 0.6 is 0 Å². The van der Waals surface area contributed by atoms with Crippen LogP contribution in [-0.4, -0.2) is 17.7 Å². The summed E-state index contributed by atoms with van der Waals surface area (Å²) in [4.78, 5) is 36.5. The van der Waals surface area contributed by atoms with Crippen LogP contribution in [-0.2, 0) is 22.4 Å². The summed E-state index contributed by atoms with van der Waals surface area (Å²) < 4.78 is 0. The Morgan fingerprint density at radius 1 is 0.512 bits per heavy atom. The van der Waals surface area contributed by atoms with Crippen molar-refractivity contribution in [3.63, 3.8) is 0 Å². The molecule has 5 rings (SSSR count). The van der Waals surface area contributed by atoms with Gasteiger partial charge in [-0.2, -0.15) is 0 Å². The van der Waals surface area contributed by atoms with Crippen molar-refractivity contribution in [2.45, 2.75) is 19.8 Å². The van der Waals surface area contributed by atoms with Gasteiger partial charge in [0.05, 0.1) is 35.6 Å². The van der Waals surface area contributed by atoms with Crippen molar-refractivity contribution in [3.8, 4) is 0 Å². The summed E-state index contributed by atoms with van der Waals surface area (Å²) in [5, 5.41) is 8.53. The maximum Gasteiger partial charge on any atom is 0.255 e. The highest BCUT2D eigenvalue weighted by Crippen LogP contribution is 2.22. The number of nitrogens with two attached hydrogens (primary N) is 1. The number of para-hydroxylation sites is 4. The first-order valence-corrected chi connectivity index (χ1v) is 13.9. The minimum Gasteiger partial charge on any atom is -0.397 e. The van der Waals surface area contributed by atoms with E-state index >= 15 is 0 Å². The van der Waals surface area contributed by atoms with Crippen molar-refractivity contribution in [1.29, 1.82) is 0 Å². The van der Waals surface area contributed by atoms with Crippen LogP contribution in [0.5, 0.6) is 0 Å². The molecule has 7 heteroatoms. The number of hydrogen-bond acceptors (Lipinski definition) is 4. The van der Waals surface area contributed by atoms with E-state index in [1.165, 1.54) is 0 Å². The maximum absolute atomic E-state index is 12.4. The van der Waals surface area contributed by atoms with Crippen molar-refractivity contribution in [2.24, 2.45) is 0 Å². The van der Waals surface area contributed by atoms with Gasteiger partial charge in [-0.05, 0) is 54.4 Å². The summed E-state index contributed by atoms with van der Waals surface area (Å²) >= 11 is 0. The Hall–Kier alpha value is -5.69. The van der Waals surface area contributed by atoms with E-state index in [1.807, 2.05) is 104 Å². The molecule has 0 unspecified atom stereocenters. The molecule has 0 aliphatic rings. The van der Waals surface area contributed by atoms with Gasteiger partial charge in [-0.15, -0.1) is 0 Å². The van der Waals surface area contributed by atoms with Gasteiger partial charge in [0.1, 0.15) is 0 Å². The largest absolute Gasteiger partial charge is 0.397 e. The van der Waals surface area contributed by atoms with Crippen molar-refractivity contribution in [1.82, 2.24) is 0 Å². The van der Waals surface area contributed by atoms with Crippen LogP contribution in [0.25, 0.3) is 0 Å². The highest BCUT2D eigenvalue weighted by Gasteiger charge is 2.11. The lowest BCUT2D eigenvalue weighted by molar-refractivity contribution is -0.116. The van der Waals surface area contributed by atoms with Gasteiger partial charge in [0.15, 0.2) is 0 Å². The quantitative estimate of drug-likeness (QED) is 0.152. The highest BCUT2D eigenvalue weighted by atomic mass is 16.2. The van der Waals surface area contributed by atoms with Gasteiger partial charge in [-0.3, -0.25) is 14.4 Å². The van der Waals surface area contributed by atoms with E-state index in [0.29, 0.717) is 34.7 Å². The smallest absolute Gasteiger partial charge is 0.255 e. The summed E-state index contributed by atoms with van der Waals surface area (Å²) in [6, 6.07) is 40.9. The molecule has 0 bridgehead atoms. The van der Waals surface area contributed by atoms with Crippen molar-refractivity contribution >= 4 is 40.5 Å². The van der Waals surface area contributed by atoms with E-state index < -0.39 is 0 Å². The minimum atomic E-state index is -0.213. The minimum absolute atomic E-state index is 0.0610. The molecule has 5 aromatic carbocycles. The molecule has 0 fully saturated rings. The summed E-state index contributed by atoms with van der Waals surface area (Å²) in [7, 11) is 0. The number of benzene rings is 5. The lowest BCUT2D eigenvalue weighted by atomic mass is 10.1. The van der Waals surface area contributed by atoms with E-state index in [9.17, 15) is 14.4 Å². The molecule has 0 saturated heterocycles. The van der Waals surface area contributed by atoms with E-state index in [1.54, 1.807) is 36.4 Å². The average Bonchev–Trinajstić information content (AvgIpc) is 3.01. The lowest BCUT2D eigenvalue weighted by Crippen LogP contribution is -2.18. The zero-order valence-corrected chi connectivity index (χ0v) is 23.9. The molecule has 5 aromatic rings. The van der Waals surface area contributed by atoms with Crippen LogP contribution in [0.1, 0.15) is 27.0 Å². The molecule has 3 amide bonds. The van der Waals surface area contributed by atoms with E-state index in [0.717, 1.165) is 16.7 Å². The van der Waals surface area contributed by atoms with Gasteiger partial charge in [0.25, 0.3) is 5.91 Å². The predicted octanol–water partition coefficient (Wildman–Crippen LogP) is 6.88. The third kappa shape index (κ3) is 9.72. The van der Waals surface area contributed by atoms with E-state index in [2.05, 4.69) is 16.0 Å². The van der Waals surface area contributed by atoms with E-state index in [-0.39, 0.29) is 24.1 Å². The molecule has 0 atom stereocenters. The van der Waals surface area contributed by atoms with Gasteiger partial charge in [0.2, 0.25) is 11.8 Å². The van der Waals surface area contributed by atoms with Gasteiger partial charge in [-0.25, -0.2) is 0 Å². The number of carbonyl (C=O) groups is 3. The monoisotopic (exact) mass is 570 g/mol. The summed E-state index contributed by atoms with van der Waals surface area (Å²) in [5.41, 5.74) is 11.7. The second-order valence-electron chi connectivity index (χ2n) is 9.87. The Bertz CT molecular complexity index is 1650. The molecular weight excluding hydrogens is 536 g/mol. The van der Waals surface area contributed by atoms with Crippen molar-refractivity contribution in [2.75, 3.05) is 21.7 Å².